The topological polar surface area (TPSA) is 69.6 Å². The molecule has 21 heavy (non-hydrogen) atoms. The lowest BCUT2D eigenvalue weighted by molar-refractivity contribution is 0.263. The number of hydrogen-bond acceptors (Lipinski definition) is 4. The highest BCUT2D eigenvalue weighted by atomic mass is 32.2. The van der Waals surface area contributed by atoms with Crippen molar-refractivity contribution in [2.24, 2.45) is 5.92 Å². The Bertz CT molecular complexity index is 572. The van der Waals surface area contributed by atoms with E-state index in [4.69, 9.17) is 5.11 Å². The summed E-state index contributed by atoms with van der Waals surface area (Å²) < 4.78 is 27.5. The van der Waals surface area contributed by atoms with Crippen LogP contribution in [0.25, 0.3) is 0 Å². The third kappa shape index (κ3) is 3.96. The van der Waals surface area contributed by atoms with E-state index >= 15 is 0 Å². The van der Waals surface area contributed by atoms with E-state index in [1.807, 2.05) is 26.0 Å². The zero-order valence-corrected chi connectivity index (χ0v) is 13.4. The Labute approximate surface area is 127 Å². The number of aliphatic hydroxyl groups excluding tert-OH is 1. The van der Waals surface area contributed by atoms with Gasteiger partial charge in [0.2, 0.25) is 10.0 Å². The number of nitrogens with zero attached hydrogens (tertiary/aromatic N) is 1. The maximum absolute atomic E-state index is 12.4. The highest BCUT2D eigenvalue weighted by molar-refractivity contribution is 7.89. The monoisotopic (exact) mass is 312 g/mol. The summed E-state index contributed by atoms with van der Waals surface area (Å²) in [6.07, 6.45) is 1.77. The van der Waals surface area contributed by atoms with Crippen molar-refractivity contribution in [1.29, 1.82) is 0 Å². The lowest BCUT2D eigenvalue weighted by Gasteiger charge is -2.22. The van der Waals surface area contributed by atoms with E-state index in [2.05, 4.69) is 9.62 Å². The molecule has 1 aliphatic rings. The average Bonchev–Trinajstić information content (AvgIpc) is 2.86. The number of nitrogens with one attached hydrogen (secondary N) is 1. The lowest BCUT2D eigenvalue weighted by atomic mass is 10.1. The number of anilines is 1. The van der Waals surface area contributed by atoms with Crippen LogP contribution in [-0.2, 0) is 10.0 Å². The van der Waals surface area contributed by atoms with Gasteiger partial charge in [-0.2, -0.15) is 0 Å². The van der Waals surface area contributed by atoms with Crippen molar-refractivity contribution in [3.05, 3.63) is 24.3 Å². The Balaban J connectivity index is 2.26. The first kappa shape index (κ1) is 16.3. The predicted molar refractivity (Wildman–Crippen MR) is 83.9 cm³/mol. The minimum Gasteiger partial charge on any atom is -0.396 e. The summed E-state index contributed by atoms with van der Waals surface area (Å²) in [5, 5.41) is 9.04. The highest BCUT2D eigenvalue weighted by Gasteiger charge is 2.27. The van der Waals surface area contributed by atoms with Gasteiger partial charge in [-0.25, -0.2) is 13.1 Å². The maximum atomic E-state index is 12.4. The van der Waals surface area contributed by atoms with Crippen molar-refractivity contribution < 1.29 is 13.5 Å². The van der Waals surface area contributed by atoms with E-state index in [1.54, 1.807) is 12.1 Å². The van der Waals surface area contributed by atoms with E-state index in [-0.39, 0.29) is 12.6 Å². The molecule has 1 fully saturated rings. The summed E-state index contributed by atoms with van der Waals surface area (Å²) in [5.74, 6) is 0.434. The van der Waals surface area contributed by atoms with Crippen molar-refractivity contribution in [2.45, 2.75) is 37.6 Å². The molecule has 1 atom stereocenters. The van der Waals surface area contributed by atoms with Crippen molar-refractivity contribution in [2.75, 3.05) is 24.6 Å². The van der Waals surface area contributed by atoms with Gasteiger partial charge in [0, 0.05) is 25.7 Å². The maximum Gasteiger partial charge on any atom is 0.242 e. The fraction of sp³-hybridized carbons (Fsp3) is 0.600. The Kier molecular flexibility index (Phi) is 5.24. The molecule has 0 radical (unpaired) electrons. The molecular formula is C15H24N2O3S. The quantitative estimate of drug-likeness (QED) is 0.837. The van der Waals surface area contributed by atoms with Gasteiger partial charge in [-0.1, -0.05) is 12.1 Å². The van der Waals surface area contributed by atoms with Gasteiger partial charge in [-0.05, 0) is 44.7 Å². The van der Waals surface area contributed by atoms with Crippen LogP contribution in [0.2, 0.25) is 0 Å². The summed E-state index contributed by atoms with van der Waals surface area (Å²) in [6.45, 7) is 5.45. The summed E-state index contributed by atoms with van der Waals surface area (Å²) >= 11 is 0. The van der Waals surface area contributed by atoms with Crippen LogP contribution < -0.4 is 9.62 Å². The lowest BCUT2D eigenvalue weighted by Crippen LogP contribution is -2.32. The van der Waals surface area contributed by atoms with Crippen LogP contribution in [-0.4, -0.2) is 39.3 Å². The Morgan fingerprint density at radius 3 is 2.76 bits per heavy atom. The molecule has 1 aliphatic heterocycles. The largest absolute Gasteiger partial charge is 0.396 e. The SMILES string of the molecule is CC(C)NS(=O)(=O)c1ccccc1N1CCC(CCO)C1. The molecule has 1 heterocycles. The van der Waals surface area contributed by atoms with Gasteiger partial charge >= 0.3 is 0 Å². The first-order valence-electron chi connectivity index (χ1n) is 7.41. The molecule has 0 saturated carbocycles. The molecule has 0 aliphatic carbocycles. The van der Waals surface area contributed by atoms with Gasteiger partial charge in [-0.3, -0.25) is 0 Å². The van der Waals surface area contributed by atoms with Crippen molar-refractivity contribution in [3.8, 4) is 0 Å². The molecule has 2 rings (SSSR count). The molecule has 118 valence electrons. The van der Waals surface area contributed by atoms with Crippen LogP contribution in [0.1, 0.15) is 26.7 Å². The molecule has 0 bridgehead atoms. The summed E-state index contributed by atoms with van der Waals surface area (Å²) in [4.78, 5) is 2.44. The van der Waals surface area contributed by atoms with Crippen LogP contribution in [0.3, 0.4) is 0 Å². The van der Waals surface area contributed by atoms with Gasteiger partial charge in [0.25, 0.3) is 0 Å². The van der Waals surface area contributed by atoms with E-state index in [1.165, 1.54) is 0 Å². The second kappa shape index (κ2) is 6.77. The zero-order valence-electron chi connectivity index (χ0n) is 12.6. The number of sulfonamides is 1. The standard InChI is InChI=1S/C15H24N2O3S/c1-12(2)16-21(19,20)15-6-4-3-5-14(15)17-9-7-13(11-17)8-10-18/h3-6,12-13,16,18H,7-11H2,1-2H3. The van der Waals surface area contributed by atoms with E-state index in [9.17, 15) is 8.42 Å². The van der Waals surface area contributed by atoms with Crippen LogP contribution in [0.5, 0.6) is 0 Å². The number of benzene rings is 1. The molecule has 2 N–H and O–H groups in total. The second-order valence-electron chi connectivity index (χ2n) is 5.86. The van der Waals surface area contributed by atoms with E-state index < -0.39 is 10.0 Å². The van der Waals surface area contributed by atoms with Crippen LogP contribution >= 0.6 is 0 Å². The van der Waals surface area contributed by atoms with Crippen molar-refractivity contribution in [3.63, 3.8) is 0 Å². The molecule has 0 spiro atoms. The van der Waals surface area contributed by atoms with Gasteiger partial charge < -0.3 is 10.0 Å². The third-order valence-electron chi connectivity index (χ3n) is 3.71. The molecule has 0 aromatic heterocycles. The number of aliphatic hydroxyl groups is 1. The third-order valence-corrected chi connectivity index (χ3v) is 5.42. The number of hydrogen-bond donors (Lipinski definition) is 2. The van der Waals surface area contributed by atoms with E-state index in [0.29, 0.717) is 10.8 Å². The smallest absolute Gasteiger partial charge is 0.242 e. The minimum atomic E-state index is -3.50. The molecule has 6 heteroatoms. The Morgan fingerprint density at radius 2 is 2.10 bits per heavy atom. The molecule has 0 amide bonds. The van der Waals surface area contributed by atoms with Crippen molar-refractivity contribution >= 4 is 15.7 Å². The van der Waals surface area contributed by atoms with E-state index in [0.717, 1.165) is 31.6 Å². The van der Waals surface area contributed by atoms with Crippen LogP contribution in [0.15, 0.2) is 29.2 Å². The zero-order chi connectivity index (χ0) is 15.5. The summed E-state index contributed by atoms with van der Waals surface area (Å²) in [6, 6.07) is 6.99. The number of rotatable bonds is 6. The molecule has 5 nitrogen and oxygen atoms in total. The summed E-state index contributed by atoms with van der Waals surface area (Å²) in [7, 11) is -3.50. The molecule has 1 unspecified atom stereocenters. The van der Waals surface area contributed by atoms with Gasteiger partial charge in [0.1, 0.15) is 4.90 Å². The van der Waals surface area contributed by atoms with Crippen LogP contribution in [0.4, 0.5) is 5.69 Å². The first-order chi connectivity index (χ1) is 9.94. The number of para-hydroxylation sites is 1. The Hall–Kier alpha value is -1.11. The Morgan fingerprint density at radius 1 is 1.38 bits per heavy atom. The van der Waals surface area contributed by atoms with Crippen LogP contribution in [0, 0.1) is 5.92 Å². The molecule has 1 aromatic carbocycles. The molecule has 1 saturated heterocycles. The van der Waals surface area contributed by atoms with Gasteiger partial charge in [0.15, 0.2) is 0 Å². The fourth-order valence-corrected chi connectivity index (χ4v) is 4.27. The minimum absolute atomic E-state index is 0.135. The fourth-order valence-electron chi connectivity index (χ4n) is 2.79. The van der Waals surface area contributed by atoms with Gasteiger partial charge in [0.05, 0.1) is 5.69 Å². The predicted octanol–water partition coefficient (Wildman–Crippen LogP) is 1.58. The normalized spacial score (nSPS) is 19.4. The molecule has 1 aromatic rings. The average molecular weight is 312 g/mol. The first-order valence-corrected chi connectivity index (χ1v) is 8.89. The highest BCUT2D eigenvalue weighted by Crippen LogP contribution is 2.30. The van der Waals surface area contributed by atoms with Gasteiger partial charge in [-0.15, -0.1) is 0 Å². The van der Waals surface area contributed by atoms with Crippen molar-refractivity contribution in [1.82, 2.24) is 4.72 Å². The molecular weight excluding hydrogens is 288 g/mol. The summed E-state index contributed by atoms with van der Waals surface area (Å²) in [5.41, 5.74) is 0.756. The second-order valence-corrected chi connectivity index (χ2v) is 7.54.